The monoisotopic (exact) mass is 588 g/mol. The van der Waals surface area contributed by atoms with E-state index in [1.54, 1.807) is 30.3 Å². The zero-order valence-corrected chi connectivity index (χ0v) is 23.4. The van der Waals surface area contributed by atoms with Gasteiger partial charge in [0.2, 0.25) is 5.95 Å². The van der Waals surface area contributed by atoms with Crippen molar-refractivity contribution in [2.45, 2.75) is 30.4 Å². The Morgan fingerprint density at radius 3 is 2.71 bits per heavy atom. The fourth-order valence-electron chi connectivity index (χ4n) is 5.05. The van der Waals surface area contributed by atoms with Gasteiger partial charge in [0.25, 0.3) is 0 Å². The van der Waals surface area contributed by atoms with Crippen LogP contribution in [0.4, 0.5) is 21.5 Å². The first-order valence-corrected chi connectivity index (χ1v) is 13.6. The molecule has 206 valence electrons. The normalized spacial score (nSPS) is 18.6. The second kappa shape index (κ2) is 11.0. The summed E-state index contributed by atoms with van der Waals surface area (Å²) in [4.78, 5) is 8.29. The summed E-state index contributed by atoms with van der Waals surface area (Å²) in [7, 11) is 8.61. The van der Waals surface area contributed by atoms with Gasteiger partial charge in [-0.15, -0.1) is 0 Å². The topological polar surface area (TPSA) is 110 Å². The maximum atomic E-state index is 13.8. The third-order valence-electron chi connectivity index (χ3n) is 7.33. The molecule has 4 N–H and O–H groups in total. The van der Waals surface area contributed by atoms with Crippen LogP contribution in [0.2, 0.25) is 10.0 Å². The van der Waals surface area contributed by atoms with Crippen molar-refractivity contribution < 1.29 is 9.13 Å². The predicted octanol–water partition coefficient (Wildman–Crippen LogP) is 4.99. The fraction of sp³-hybridized carbons (Fsp3) is 0.250. The van der Waals surface area contributed by atoms with Crippen LogP contribution in [0.25, 0.3) is 10.9 Å². The number of nitriles is 1. The van der Waals surface area contributed by atoms with Crippen LogP contribution in [0.15, 0.2) is 54.9 Å². The zero-order valence-electron chi connectivity index (χ0n) is 21.9. The van der Waals surface area contributed by atoms with Crippen LogP contribution in [0, 0.1) is 17.3 Å². The number of halogens is 3. The number of fused-ring (bicyclic) bond motifs is 1. The van der Waals surface area contributed by atoms with Crippen LogP contribution in [0.3, 0.4) is 0 Å². The Bertz CT molecular complexity index is 1670. The van der Waals surface area contributed by atoms with Gasteiger partial charge in [0.15, 0.2) is 5.75 Å². The van der Waals surface area contributed by atoms with Gasteiger partial charge in [0.1, 0.15) is 13.9 Å². The number of ether oxygens (including phenoxy) is 1. The first-order valence-electron chi connectivity index (χ1n) is 12.9. The molecule has 1 aliphatic heterocycles. The molecule has 3 heterocycles. The number of anilines is 3. The van der Waals surface area contributed by atoms with Crippen LogP contribution in [0.1, 0.15) is 24.0 Å². The third kappa shape index (κ3) is 5.25. The molecule has 2 aromatic carbocycles. The fourth-order valence-corrected chi connectivity index (χ4v) is 5.57. The molecule has 41 heavy (non-hydrogen) atoms. The number of hydrogen-bond acceptors (Lipinski definition) is 9. The van der Waals surface area contributed by atoms with Crippen LogP contribution in [-0.2, 0) is 5.44 Å². The van der Waals surface area contributed by atoms with E-state index in [2.05, 4.69) is 42.6 Å². The largest absolute Gasteiger partial charge is 0.493 e. The second-order valence-electron chi connectivity index (χ2n) is 10.0. The SMILES string of the molecule is [B]C(Nc1cc(Cl)c2ncc(C#N)c(Nc3cccc(Cl)c3OC)c2c1)(c1ccc(F)nc1)C1CN(C2CC2)NN1. The summed E-state index contributed by atoms with van der Waals surface area (Å²) >= 11 is 13.1. The molecule has 2 radical (unpaired) electrons. The molecule has 1 aliphatic carbocycles. The number of para-hydroxylation sites is 1. The molecule has 0 spiro atoms. The summed E-state index contributed by atoms with van der Waals surface area (Å²) in [6.07, 6.45) is 5.08. The molecule has 13 heteroatoms. The minimum Gasteiger partial charge on any atom is -0.493 e. The first kappa shape index (κ1) is 27.5. The Labute approximate surface area is 247 Å². The van der Waals surface area contributed by atoms with Gasteiger partial charge in [-0.1, -0.05) is 35.3 Å². The van der Waals surface area contributed by atoms with Gasteiger partial charge >= 0.3 is 0 Å². The van der Waals surface area contributed by atoms with Gasteiger partial charge in [-0.3, -0.25) is 4.98 Å². The van der Waals surface area contributed by atoms with Gasteiger partial charge in [0, 0.05) is 41.5 Å². The number of nitrogens with one attached hydrogen (secondary N) is 4. The quantitative estimate of drug-likeness (QED) is 0.167. The van der Waals surface area contributed by atoms with Gasteiger partial charge < -0.3 is 15.4 Å². The van der Waals surface area contributed by atoms with Crippen molar-refractivity contribution in [1.82, 2.24) is 25.9 Å². The zero-order chi connectivity index (χ0) is 28.7. The van der Waals surface area contributed by atoms with Crippen molar-refractivity contribution in [1.29, 1.82) is 5.26 Å². The highest BCUT2D eigenvalue weighted by molar-refractivity contribution is 6.36. The molecule has 6 rings (SSSR count). The van der Waals surface area contributed by atoms with Gasteiger partial charge in [-0.2, -0.15) is 15.2 Å². The minimum absolute atomic E-state index is 0.288. The number of benzene rings is 2. The number of hydrazine groups is 2. The van der Waals surface area contributed by atoms with E-state index in [-0.39, 0.29) is 11.6 Å². The maximum absolute atomic E-state index is 13.8. The van der Waals surface area contributed by atoms with E-state index in [1.165, 1.54) is 25.6 Å². The Kier molecular flexibility index (Phi) is 7.36. The van der Waals surface area contributed by atoms with Gasteiger partial charge in [-0.25, -0.2) is 15.4 Å². The highest BCUT2D eigenvalue weighted by Crippen LogP contribution is 2.40. The maximum Gasteiger partial charge on any atom is 0.212 e. The predicted molar refractivity (Wildman–Crippen MR) is 158 cm³/mol. The summed E-state index contributed by atoms with van der Waals surface area (Å²) in [5.41, 5.74) is 8.17. The van der Waals surface area contributed by atoms with Gasteiger partial charge in [-0.05, 0) is 48.7 Å². The van der Waals surface area contributed by atoms with Crippen LogP contribution < -0.4 is 26.3 Å². The number of methoxy groups -OCH3 is 1. The van der Waals surface area contributed by atoms with Crippen molar-refractivity contribution in [2.24, 2.45) is 0 Å². The molecule has 9 nitrogen and oxygen atoms in total. The van der Waals surface area contributed by atoms with Crippen molar-refractivity contribution in [3.63, 3.8) is 0 Å². The summed E-state index contributed by atoms with van der Waals surface area (Å²) in [5, 5.41) is 20.1. The third-order valence-corrected chi connectivity index (χ3v) is 7.92. The number of nitrogens with zero attached hydrogens (tertiary/aromatic N) is 4. The molecule has 2 aliphatic rings. The van der Waals surface area contributed by atoms with Crippen molar-refractivity contribution in [3.8, 4) is 11.8 Å². The van der Waals surface area contributed by atoms with Crippen molar-refractivity contribution in [2.75, 3.05) is 24.3 Å². The van der Waals surface area contributed by atoms with E-state index < -0.39 is 11.4 Å². The summed E-state index contributed by atoms with van der Waals surface area (Å²) in [6, 6.07) is 14.0. The van der Waals surface area contributed by atoms with E-state index in [9.17, 15) is 9.65 Å². The molecule has 2 unspecified atom stereocenters. The van der Waals surface area contributed by atoms with E-state index >= 15 is 0 Å². The van der Waals surface area contributed by atoms with Crippen molar-refractivity contribution >= 4 is 59.0 Å². The molecular formula is C28H24BCl2FN8O. The van der Waals surface area contributed by atoms with Gasteiger partial charge in [0.05, 0.1) is 45.7 Å². The summed E-state index contributed by atoms with van der Waals surface area (Å²) in [6.45, 7) is 0.592. The lowest BCUT2D eigenvalue weighted by molar-refractivity contribution is 0.222. The van der Waals surface area contributed by atoms with Crippen LogP contribution in [-0.4, -0.2) is 48.6 Å². The molecule has 2 atom stereocenters. The molecule has 2 aromatic heterocycles. The Hall–Kier alpha value is -3.66. The Morgan fingerprint density at radius 2 is 2.00 bits per heavy atom. The van der Waals surface area contributed by atoms with E-state index in [0.29, 0.717) is 61.9 Å². The Balaban J connectivity index is 1.44. The van der Waals surface area contributed by atoms with E-state index in [0.717, 1.165) is 12.8 Å². The molecule has 4 aromatic rings. The average molecular weight is 589 g/mol. The lowest BCUT2D eigenvalue weighted by Gasteiger charge is -2.38. The summed E-state index contributed by atoms with van der Waals surface area (Å²) < 4.78 is 19.3. The number of rotatable bonds is 8. The number of pyridine rings is 2. The highest BCUT2D eigenvalue weighted by atomic mass is 35.5. The first-order chi connectivity index (χ1) is 19.8. The second-order valence-corrected chi connectivity index (χ2v) is 10.8. The van der Waals surface area contributed by atoms with Crippen molar-refractivity contribution in [3.05, 3.63) is 82.0 Å². The molecule has 0 bridgehead atoms. The Morgan fingerprint density at radius 1 is 1.17 bits per heavy atom. The molecule has 1 saturated carbocycles. The van der Waals surface area contributed by atoms with Crippen LogP contribution >= 0.6 is 23.2 Å². The standard InChI is InChI=1S/C28H24BCl2FN8O/c1-41-27-20(30)3-2-4-22(27)36-25-15(11-33)12-35-26-19(25)9-17(10-21(26)31)37-28(29,16-5-8-24(32)34-13-16)23-14-40(39-38-23)18-6-7-18/h2-5,8-10,12-13,18,23,37-39H,6-7,14H2,1H3,(H,35,36). The smallest absolute Gasteiger partial charge is 0.212 e. The molecule has 0 amide bonds. The minimum atomic E-state index is -1.24. The average Bonchev–Trinajstić information content (AvgIpc) is 3.69. The lowest BCUT2D eigenvalue weighted by atomic mass is 9.67. The number of hydrogen-bond donors (Lipinski definition) is 4. The molecular weight excluding hydrogens is 565 g/mol. The van der Waals surface area contributed by atoms with E-state index in [1.807, 2.05) is 6.07 Å². The molecule has 1 saturated heterocycles. The van der Waals surface area contributed by atoms with Crippen LogP contribution in [0.5, 0.6) is 5.75 Å². The summed E-state index contributed by atoms with van der Waals surface area (Å²) in [5.74, 6) is -0.183. The number of aromatic nitrogens is 2. The van der Waals surface area contributed by atoms with E-state index in [4.69, 9.17) is 35.8 Å². The molecule has 2 fully saturated rings. The lowest BCUT2D eigenvalue weighted by Crippen LogP contribution is -2.54. The highest BCUT2D eigenvalue weighted by Gasteiger charge is 2.43.